The second-order valence-electron chi connectivity index (χ2n) is 9.21. The van der Waals surface area contributed by atoms with E-state index in [4.69, 9.17) is 16.3 Å². The Bertz CT molecular complexity index is 1310. The molecule has 1 aliphatic rings. The van der Waals surface area contributed by atoms with Crippen molar-refractivity contribution in [1.29, 1.82) is 0 Å². The fraction of sp³-hybridized carbons (Fsp3) is 0.286. The van der Waals surface area contributed by atoms with E-state index in [2.05, 4.69) is 25.8 Å². The normalized spacial score (nSPS) is 13.3. The Hall–Kier alpha value is -3.98. The average Bonchev–Trinajstić information content (AvgIpc) is 2.90. The van der Waals surface area contributed by atoms with E-state index in [0.29, 0.717) is 30.0 Å². The summed E-state index contributed by atoms with van der Waals surface area (Å²) in [6.45, 7) is 6.72. The van der Waals surface area contributed by atoms with Crippen molar-refractivity contribution in [2.45, 2.75) is 19.9 Å². The topological polar surface area (TPSA) is 85.9 Å². The zero-order valence-electron chi connectivity index (χ0n) is 21.6. The van der Waals surface area contributed by atoms with Crippen molar-refractivity contribution in [2.75, 3.05) is 53.7 Å². The summed E-state index contributed by atoms with van der Waals surface area (Å²) in [4.78, 5) is 30.1. The molecule has 0 aliphatic carbocycles. The number of benzene rings is 3. The van der Waals surface area contributed by atoms with Crippen LogP contribution in [0.4, 0.5) is 31.9 Å². The zero-order chi connectivity index (χ0) is 27.2. The number of para-hydroxylation sites is 2. The molecule has 1 fully saturated rings. The summed E-state index contributed by atoms with van der Waals surface area (Å²) >= 11 is 5.80. The Balaban J connectivity index is 1.50. The lowest BCUT2D eigenvalue weighted by Gasteiger charge is -2.38. The fourth-order valence-corrected chi connectivity index (χ4v) is 4.54. The molecule has 1 heterocycles. The van der Waals surface area contributed by atoms with Crippen LogP contribution in [-0.2, 0) is 0 Å². The Labute approximate surface area is 226 Å². The molecular weight excluding hydrogens is 509 g/mol. The van der Waals surface area contributed by atoms with Crippen LogP contribution in [0, 0.1) is 5.82 Å². The van der Waals surface area contributed by atoms with Crippen LogP contribution in [-0.4, -0.2) is 51.3 Å². The molecule has 0 unspecified atom stereocenters. The Morgan fingerprint density at radius 2 is 1.50 bits per heavy atom. The molecule has 0 saturated carbocycles. The molecule has 10 heteroatoms. The van der Waals surface area contributed by atoms with Gasteiger partial charge in [0, 0.05) is 49.3 Å². The fourth-order valence-electron chi connectivity index (χ4n) is 4.36. The van der Waals surface area contributed by atoms with Crippen LogP contribution in [0.1, 0.15) is 24.2 Å². The molecule has 0 aromatic heterocycles. The van der Waals surface area contributed by atoms with Crippen molar-refractivity contribution in [3.05, 3.63) is 77.1 Å². The molecule has 3 N–H and O–H groups in total. The third-order valence-corrected chi connectivity index (χ3v) is 6.43. The van der Waals surface area contributed by atoms with Crippen LogP contribution in [0.2, 0.25) is 5.02 Å². The molecule has 1 aliphatic heterocycles. The number of hydrogen-bond acceptors (Lipinski definition) is 5. The number of ether oxygens (including phenoxy) is 1. The van der Waals surface area contributed by atoms with Crippen LogP contribution in [0.15, 0.2) is 60.7 Å². The largest absolute Gasteiger partial charge is 0.495 e. The van der Waals surface area contributed by atoms with Gasteiger partial charge in [0.2, 0.25) is 0 Å². The second-order valence-corrected chi connectivity index (χ2v) is 9.62. The molecule has 0 atom stereocenters. The van der Waals surface area contributed by atoms with Gasteiger partial charge in [-0.15, -0.1) is 0 Å². The van der Waals surface area contributed by atoms with E-state index in [1.54, 1.807) is 19.2 Å². The van der Waals surface area contributed by atoms with Gasteiger partial charge >= 0.3 is 6.03 Å². The number of urea groups is 1. The number of halogens is 2. The van der Waals surface area contributed by atoms with Crippen LogP contribution < -0.4 is 30.5 Å². The van der Waals surface area contributed by atoms with Gasteiger partial charge in [-0.2, -0.15) is 0 Å². The quantitative estimate of drug-likeness (QED) is 0.364. The van der Waals surface area contributed by atoms with E-state index in [-0.39, 0.29) is 17.0 Å². The second kappa shape index (κ2) is 12.0. The van der Waals surface area contributed by atoms with Crippen LogP contribution in [0.3, 0.4) is 0 Å². The van der Waals surface area contributed by atoms with Crippen molar-refractivity contribution >= 4 is 46.3 Å². The summed E-state index contributed by atoms with van der Waals surface area (Å²) in [7, 11) is 1.67. The number of piperazine rings is 1. The zero-order valence-corrected chi connectivity index (χ0v) is 22.3. The summed E-state index contributed by atoms with van der Waals surface area (Å²) in [6.07, 6.45) is 0. The number of rotatable bonds is 7. The molecule has 4 rings (SSSR count). The van der Waals surface area contributed by atoms with Crippen molar-refractivity contribution in [2.24, 2.45) is 0 Å². The third-order valence-electron chi connectivity index (χ3n) is 6.14. The lowest BCUT2D eigenvalue weighted by molar-refractivity contribution is 0.0943. The summed E-state index contributed by atoms with van der Waals surface area (Å²) in [6, 6.07) is 16.5. The molecule has 0 spiro atoms. The molecule has 38 heavy (non-hydrogen) atoms. The van der Waals surface area contributed by atoms with E-state index >= 15 is 0 Å². The van der Waals surface area contributed by atoms with Gasteiger partial charge in [-0.25, -0.2) is 9.18 Å². The summed E-state index contributed by atoms with van der Waals surface area (Å²) in [5.41, 5.74) is 3.09. The minimum atomic E-state index is -0.572. The third kappa shape index (κ3) is 6.47. The Kier molecular flexibility index (Phi) is 8.58. The first-order chi connectivity index (χ1) is 18.2. The first-order valence-electron chi connectivity index (χ1n) is 12.4. The number of anilines is 4. The smallest absolute Gasteiger partial charge is 0.323 e. The van der Waals surface area contributed by atoms with Gasteiger partial charge in [-0.3, -0.25) is 4.79 Å². The predicted octanol–water partition coefficient (Wildman–Crippen LogP) is 5.60. The lowest BCUT2D eigenvalue weighted by Crippen LogP contribution is -2.47. The standard InChI is InChI=1S/C28H31ClFN5O3/c1-18(2)31-27(36)21-16-19(32-28(37)33-20-8-10-23(30)22(29)17-20)9-11-24(21)34-12-14-35(15-13-34)25-6-4-5-7-26(25)38-3/h4-11,16-18H,12-15H2,1-3H3,(H,31,36)(H2,32,33,37). The van der Waals surface area contributed by atoms with Crippen molar-refractivity contribution < 1.29 is 18.7 Å². The maximum atomic E-state index is 13.4. The monoisotopic (exact) mass is 539 g/mol. The van der Waals surface area contributed by atoms with Gasteiger partial charge in [0.05, 0.1) is 23.4 Å². The van der Waals surface area contributed by atoms with Crippen LogP contribution in [0.5, 0.6) is 5.75 Å². The van der Waals surface area contributed by atoms with Gasteiger partial charge < -0.3 is 30.5 Å². The Morgan fingerprint density at radius 3 is 2.13 bits per heavy atom. The molecule has 0 bridgehead atoms. The first-order valence-corrected chi connectivity index (χ1v) is 12.7. The van der Waals surface area contributed by atoms with Crippen molar-refractivity contribution in [1.82, 2.24) is 5.32 Å². The Morgan fingerprint density at radius 1 is 0.895 bits per heavy atom. The highest BCUT2D eigenvalue weighted by Gasteiger charge is 2.24. The van der Waals surface area contributed by atoms with Gasteiger partial charge in [-0.1, -0.05) is 23.7 Å². The number of hydrogen-bond donors (Lipinski definition) is 3. The number of carbonyl (C=O) groups excluding carboxylic acids is 2. The van der Waals surface area contributed by atoms with Gasteiger partial charge in [0.1, 0.15) is 11.6 Å². The van der Waals surface area contributed by atoms with E-state index < -0.39 is 11.8 Å². The lowest BCUT2D eigenvalue weighted by atomic mass is 10.1. The minimum absolute atomic E-state index is 0.0547. The van der Waals surface area contributed by atoms with Gasteiger partial charge in [0.25, 0.3) is 5.91 Å². The maximum absolute atomic E-state index is 13.4. The molecule has 8 nitrogen and oxygen atoms in total. The number of amides is 3. The average molecular weight is 540 g/mol. The van der Waals surface area contributed by atoms with Gasteiger partial charge in [0.15, 0.2) is 0 Å². The van der Waals surface area contributed by atoms with Gasteiger partial charge in [-0.05, 0) is 62.4 Å². The summed E-state index contributed by atoms with van der Waals surface area (Å²) < 4.78 is 18.9. The highest BCUT2D eigenvalue weighted by molar-refractivity contribution is 6.31. The molecule has 3 aromatic rings. The van der Waals surface area contributed by atoms with Crippen LogP contribution in [0.25, 0.3) is 0 Å². The van der Waals surface area contributed by atoms with E-state index in [0.717, 1.165) is 30.2 Å². The van der Waals surface area contributed by atoms with E-state index in [1.807, 2.05) is 44.2 Å². The molecule has 0 radical (unpaired) electrons. The van der Waals surface area contributed by atoms with E-state index in [1.165, 1.54) is 18.2 Å². The highest BCUT2D eigenvalue weighted by Crippen LogP contribution is 2.31. The number of carbonyl (C=O) groups is 2. The molecule has 1 saturated heterocycles. The van der Waals surface area contributed by atoms with Crippen molar-refractivity contribution in [3.63, 3.8) is 0 Å². The minimum Gasteiger partial charge on any atom is -0.495 e. The summed E-state index contributed by atoms with van der Waals surface area (Å²) in [5, 5.41) is 8.21. The SMILES string of the molecule is COc1ccccc1N1CCN(c2ccc(NC(=O)Nc3ccc(F)c(Cl)c3)cc2C(=O)NC(C)C)CC1. The molecule has 200 valence electrons. The van der Waals surface area contributed by atoms with Crippen LogP contribution >= 0.6 is 11.6 Å². The van der Waals surface area contributed by atoms with Crippen molar-refractivity contribution in [3.8, 4) is 5.75 Å². The predicted molar refractivity (Wildman–Crippen MR) is 151 cm³/mol. The maximum Gasteiger partial charge on any atom is 0.323 e. The van der Waals surface area contributed by atoms with E-state index in [9.17, 15) is 14.0 Å². The number of methoxy groups -OCH3 is 1. The first kappa shape index (κ1) is 27.1. The highest BCUT2D eigenvalue weighted by atomic mass is 35.5. The number of nitrogens with zero attached hydrogens (tertiary/aromatic N) is 2. The number of nitrogens with one attached hydrogen (secondary N) is 3. The molecular formula is C28H31ClFN5O3. The molecule has 3 amide bonds. The molecule has 3 aromatic carbocycles. The summed E-state index contributed by atoms with van der Waals surface area (Å²) in [5.74, 6) is 0.0313.